The van der Waals surface area contributed by atoms with E-state index in [0.717, 1.165) is 17.0 Å². The first-order valence-electron chi connectivity index (χ1n) is 8.76. The minimum atomic E-state index is 0.496. The van der Waals surface area contributed by atoms with Crippen LogP contribution in [-0.2, 0) is 5.75 Å². The summed E-state index contributed by atoms with van der Waals surface area (Å²) in [6.07, 6.45) is 0. The van der Waals surface area contributed by atoms with Gasteiger partial charge in [-0.25, -0.2) is 9.50 Å². The number of hydrogen-bond donors (Lipinski definition) is 0. The minimum Gasteiger partial charge on any atom is -0.338 e. The Hall–Kier alpha value is -2.74. The molecule has 0 aliphatic rings. The zero-order chi connectivity index (χ0) is 19.0. The Morgan fingerprint density at radius 1 is 1.07 bits per heavy atom. The van der Waals surface area contributed by atoms with Gasteiger partial charge in [-0.15, -0.1) is 5.10 Å². The molecule has 7 nitrogen and oxygen atoms in total. The second kappa shape index (κ2) is 7.11. The van der Waals surface area contributed by atoms with Crippen molar-refractivity contribution in [1.82, 2.24) is 29.7 Å². The lowest BCUT2D eigenvalue weighted by Gasteiger charge is -2.04. The van der Waals surface area contributed by atoms with E-state index < -0.39 is 0 Å². The lowest BCUT2D eigenvalue weighted by molar-refractivity contribution is 0.391. The molecule has 0 amide bonds. The Morgan fingerprint density at radius 3 is 2.59 bits per heavy atom. The predicted octanol–water partition coefficient (Wildman–Crippen LogP) is 4.21. The van der Waals surface area contributed by atoms with Crippen LogP contribution in [0.5, 0.6) is 0 Å². The summed E-state index contributed by atoms with van der Waals surface area (Å²) < 4.78 is 7.12. The summed E-state index contributed by atoms with van der Waals surface area (Å²) in [7, 11) is 0. The first kappa shape index (κ1) is 17.7. The molecule has 0 saturated carbocycles. The molecule has 8 heteroatoms. The predicted molar refractivity (Wildman–Crippen MR) is 104 cm³/mol. The van der Waals surface area contributed by atoms with Gasteiger partial charge in [-0.3, -0.25) is 0 Å². The average Bonchev–Trinajstić information content (AvgIpc) is 3.27. The zero-order valence-electron chi connectivity index (χ0n) is 15.7. The van der Waals surface area contributed by atoms with Gasteiger partial charge >= 0.3 is 0 Å². The molecule has 4 aromatic rings. The largest absolute Gasteiger partial charge is 0.338 e. The summed E-state index contributed by atoms with van der Waals surface area (Å²) >= 11 is 1.45. The Bertz CT molecular complexity index is 1080. The van der Waals surface area contributed by atoms with Crippen molar-refractivity contribution in [2.75, 3.05) is 0 Å². The van der Waals surface area contributed by atoms with Crippen molar-refractivity contribution in [1.29, 1.82) is 0 Å². The van der Waals surface area contributed by atoms with Crippen LogP contribution in [0.25, 0.3) is 17.2 Å². The average molecular weight is 380 g/mol. The summed E-state index contributed by atoms with van der Waals surface area (Å²) in [5.74, 6) is 2.74. The highest BCUT2D eigenvalue weighted by atomic mass is 32.2. The normalized spacial score (nSPS) is 11.6. The molecule has 0 aliphatic carbocycles. The van der Waals surface area contributed by atoms with Crippen LogP contribution < -0.4 is 0 Å². The second-order valence-corrected chi connectivity index (χ2v) is 7.66. The van der Waals surface area contributed by atoms with Crippen LogP contribution in [0.4, 0.5) is 0 Å². The fraction of sp³-hybridized carbons (Fsp3) is 0.316. The SMILES string of the molecule is Cc1cc(C)n2nc(SCc3nc(-c4ccc(C(C)C)cc4)no3)nc2n1. The van der Waals surface area contributed by atoms with Gasteiger partial charge < -0.3 is 4.52 Å². The van der Waals surface area contributed by atoms with E-state index in [1.807, 2.05) is 32.0 Å². The number of rotatable bonds is 5. The molecular weight excluding hydrogens is 360 g/mol. The fourth-order valence-corrected chi connectivity index (χ4v) is 3.44. The van der Waals surface area contributed by atoms with Crippen LogP contribution in [0.2, 0.25) is 0 Å². The van der Waals surface area contributed by atoms with Gasteiger partial charge in [0, 0.05) is 17.0 Å². The first-order valence-corrected chi connectivity index (χ1v) is 9.75. The zero-order valence-corrected chi connectivity index (χ0v) is 16.5. The molecule has 0 radical (unpaired) electrons. The fourth-order valence-electron chi connectivity index (χ4n) is 2.78. The number of aryl methyl sites for hydroxylation is 2. The standard InChI is InChI=1S/C19H20N6OS/c1-11(2)14-5-7-15(8-6-14)17-21-16(26-24-17)10-27-19-22-18-20-12(3)9-13(4)25(18)23-19/h5-9,11H,10H2,1-4H3. The minimum absolute atomic E-state index is 0.496. The molecule has 1 aromatic carbocycles. The molecule has 4 rings (SSSR count). The van der Waals surface area contributed by atoms with Gasteiger partial charge in [0.1, 0.15) is 0 Å². The van der Waals surface area contributed by atoms with Crippen molar-refractivity contribution in [2.45, 2.75) is 44.5 Å². The van der Waals surface area contributed by atoms with Gasteiger partial charge in [0.2, 0.25) is 16.9 Å². The molecule has 27 heavy (non-hydrogen) atoms. The van der Waals surface area contributed by atoms with Crippen molar-refractivity contribution >= 4 is 17.5 Å². The van der Waals surface area contributed by atoms with Crippen molar-refractivity contribution in [2.24, 2.45) is 0 Å². The van der Waals surface area contributed by atoms with Crippen LogP contribution in [0.1, 0.15) is 42.6 Å². The third-order valence-corrected chi connectivity index (χ3v) is 5.05. The second-order valence-electron chi connectivity index (χ2n) is 6.72. The van der Waals surface area contributed by atoms with Gasteiger partial charge in [0.15, 0.2) is 0 Å². The maximum atomic E-state index is 5.38. The van der Waals surface area contributed by atoms with Crippen LogP contribution in [0.3, 0.4) is 0 Å². The molecule has 0 N–H and O–H groups in total. The Balaban J connectivity index is 1.47. The van der Waals surface area contributed by atoms with Crippen LogP contribution >= 0.6 is 11.8 Å². The summed E-state index contributed by atoms with van der Waals surface area (Å²) in [5.41, 5.74) is 4.16. The van der Waals surface area contributed by atoms with Crippen molar-refractivity contribution in [3.63, 3.8) is 0 Å². The van der Waals surface area contributed by atoms with Gasteiger partial charge in [0.25, 0.3) is 5.78 Å². The van der Waals surface area contributed by atoms with E-state index in [1.165, 1.54) is 17.3 Å². The molecule has 3 aromatic heterocycles. The van der Waals surface area contributed by atoms with Crippen molar-refractivity contribution in [3.8, 4) is 11.4 Å². The molecule has 0 aliphatic heterocycles. The smallest absolute Gasteiger partial charge is 0.253 e. The number of thioether (sulfide) groups is 1. The topological polar surface area (TPSA) is 82.0 Å². The van der Waals surface area contributed by atoms with E-state index >= 15 is 0 Å². The third kappa shape index (κ3) is 3.71. The first-order chi connectivity index (χ1) is 13.0. The Morgan fingerprint density at radius 2 is 1.85 bits per heavy atom. The van der Waals surface area contributed by atoms with E-state index in [-0.39, 0.29) is 0 Å². The maximum absolute atomic E-state index is 5.38. The molecule has 0 spiro atoms. The monoisotopic (exact) mass is 380 g/mol. The quantitative estimate of drug-likeness (QED) is 0.480. The third-order valence-electron chi connectivity index (χ3n) is 4.23. The molecule has 0 unspecified atom stereocenters. The van der Waals surface area contributed by atoms with Crippen molar-refractivity contribution < 1.29 is 4.52 Å². The van der Waals surface area contributed by atoms with Gasteiger partial charge in [-0.1, -0.05) is 55.0 Å². The van der Waals surface area contributed by atoms with E-state index in [9.17, 15) is 0 Å². The molecule has 0 atom stereocenters. The van der Waals surface area contributed by atoms with E-state index in [0.29, 0.717) is 34.3 Å². The number of aromatic nitrogens is 6. The van der Waals surface area contributed by atoms with E-state index in [4.69, 9.17) is 4.52 Å². The van der Waals surface area contributed by atoms with E-state index in [1.54, 1.807) is 4.52 Å². The summed E-state index contributed by atoms with van der Waals surface area (Å²) in [6, 6.07) is 10.2. The molecular formula is C19H20N6OS. The van der Waals surface area contributed by atoms with Crippen LogP contribution in [-0.4, -0.2) is 29.7 Å². The van der Waals surface area contributed by atoms with Crippen LogP contribution in [0, 0.1) is 13.8 Å². The maximum Gasteiger partial charge on any atom is 0.253 e. The molecule has 138 valence electrons. The van der Waals surface area contributed by atoms with Crippen molar-refractivity contribution in [3.05, 3.63) is 53.2 Å². The highest BCUT2D eigenvalue weighted by molar-refractivity contribution is 7.98. The highest BCUT2D eigenvalue weighted by Crippen LogP contribution is 2.23. The summed E-state index contributed by atoms with van der Waals surface area (Å²) in [4.78, 5) is 13.3. The Labute approximate surface area is 161 Å². The number of fused-ring (bicyclic) bond motifs is 1. The molecule has 3 heterocycles. The van der Waals surface area contributed by atoms with E-state index in [2.05, 4.69) is 51.2 Å². The summed E-state index contributed by atoms with van der Waals surface area (Å²) in [5, 5.41) is 9.20. The molecule has 0 saturated heterocycles. The number of benzene rings is 1. The number of hydrogen-bond acceptors (Lipinski definition) is 7. The van der Waals surface area contributed by atoms with Crippen LogP contribution in [0.15, 0.2) is 40.0 Å². The molecule has 0 fully saturated rings. The van der Waals surface area contributed by atoms with Gasteiger partial charge in [-0.05, 0) is 31.4 Å². The lowest BCUT2D eigenvalue weighted by Crippen LogP contribution is -1.97. The van der Waals surface area contributed by atoms with Gasteiger partial charge in [-0.2, -0.15) is 9.97 Å². The van der Waals surface area contributed by atoms with Gasteiger partial charge in [0.05, 0.1) is 5.75 Å². The molecule has 0 bridgehead atoms. The lowest BCUT2D eigenvalue weighted by atomic mass is 10.0. The highest BCUT2D eigenvalue weighted by Gasteiger charge is 2.13. The Kier molecular flexibility index (Phi) is 4.65. The number of nitrogens with zero attached hydrogens (tertiary/aromatic N) is 6. The summed E-state index contributed by atoms with van der Waals surface area (Å²) in [6.45, 7) is 8.27.